The summed E-state index contributed by atoms with van der Waals surface area (Å²) in [6.07, 6.45) is 3.68. The third-order valence-corrected chi connectivity index (χ3v) is 3.70. The monoisotopic (exact) mass is 279 g/mol. The Labute approximate surface area is 113 Å². The van der Waals surface area contributed by atoms with Crippen LogP contribution in [-0.4, -0.2) is 27.8 Å². The summed E-state index contributed by atoms with van der Waals surface area (Å²) in [5.74, 6) is 0. The Bertz CT molecular complexity index is 605. The number of anilines is 2. The van der Waals surface area contributed by atoms with Crippen LogP contribution in [0.2, 0.25) is 0 Å². The average Bonchev–Trinajstić information content (AvgIpc) is 2.34. The van der Waals surface area contributed by atoms with Crippen LogP contribution in [0, 0.1) is 11.3 Å². The highest BCUT2D eigenvalue weighted by atomic mass is 32.2. The molecule has 0 aliphatic carbocycles. The quantitative estimate of drug-likeness (QED) is 0.911. The molecule has 0 amide bonds. The zero-order chi connectivity index (χ0) is 13.9. The molecule has 0 saturated heterocycles. The molecule has 1 heterocycles. The van der Waals surface area contributed by atoms with E-state index in [0.29, 0.717) is 18.7 Å². The number of nitrogens with one attached hydrogen (secondary N) is 1. The molecule has 102 valence electrons. The van der Waals surface area contributed by atoms with E-state index in [2.05, 4.69) is 15.7 Å². The minimum absolute atomic E-state index is 0.475. The van der Waals surface area contributed by atoms with Crippen molar-refractivity contribution in [3.63, 3.8) is 0 Å². The van der Waals surface area contributed by atoms with Crippen molar-refractivity contribution in [2.75, 3.05) is 29.0 Å². The van der Waals surface area contributed by atoms with E-state index in [9.17, 15) is 8.42 Å². The average molecular weight is 279 g/mol. The van der Waals surface area contributed by atoms with Gasteiger partial charge in [-0.05, 0) is 30.5 Å². The summed E-state index contributed by atoms with van der Waals surface area (Å²) in [5.41, 5.74) is 2.82. The van der Waals surface area contributed by atoms with Crippen LogP contribution in [0.4, 0.5) is 11.4 Å². The number of hydrogen-bond donors (Lipinski definition) is 1. The first-order valence-corrected chi connectivity index (χ1v) is 8.11. The van der Waals surface area contributed by atoms with E-state index >= 15 is 0 Å². The van der Waals surface area contributed by atoms with Crippen LogP contribution < -0.4 is 9.62 Å². The molecule has 2 rings (SSSR count). The van der Waals surface area contributed by atoms with Gasteiger partial charge in [0.15, 0.2) is 0 Å². The summed E-state index contributed by atoms with van der Waals surface area (Å²) in [6, 6.07) is 7.74. The Balaban J connectivity index is 2.27. The lowest BCUT2D eigenvalue weighted by atomic mass is 10.0. The third-order valence-electron chi connectivity index (χ3n) is 3.10. The minimum atomic E-state index is -3.26. The van der Waals surface area contributed by atoms with Crippen molar-refractivity contribution in [3.8, 4) is 6.07 Å². The molecular weight excluding hydrogens is 262 g/mol. The summed E-state index contributed by atoms with van der Waals surface area (Å²) < 4.78 is 25.0. The van der Waals surface area contributed by atoms with Gasteiger partial charge in [-0.25, -0.2) is 8.42 Å². The zero-order valence-electron chi connectivity index (χ0n) is 10.9. The normalized spacial score (nSPS) is 14.6. The van der Waals surface area contributed by atoms with Crippen LogP contribution in [0.25, 0.3) is 0 Å². The van der Waals surface area contributed by atoms with Crippen molar-refractivity contribution in [1.29, 1.82) is 5.26 Å². The Morgan fingerprint density at radius 1 is 1.47 bits per heavy atom. The summed E-state index contributed by atoms with van der Waals surface area (Å²) in [4.78, 5) is 2.15. The second-order valence-electron chi connectivity index (χ2n) is 4.72. The van der Waals surface area contributed by atoms with Crippen LogP contribution in [0.3, 0.4) is 0 Å². The molecule has 0 aromatic heterocycles. The summed E-state index contributed by atoms with van der Waals surface area (Å²) in [7, 11) is -3.26. The maximum atomic E-state index is 11.3. The number of nitrogens with zero attached hydrogens (tertiary/aromatic N) is 2. The number of rotatable bonds is 4. The second-order valence-corrected chi connectivity index (χ2v) is 6.46. The standard InChI is InChI=1S/C13H17N3O2S/c1-19(17,18)15-12-6-5-11-4-2-8-16(9-3-7-14)13(11)10-12/h5-6,10,15H,2-4,8-9H2,1H3. The number of aryl methyl sites for hydroxylation is 1. The fraction of sp³-hybridized carbons (Fsp3) is 0.462. The van der Waals surface area contributed by atoms with E-state index in [0.717, 1.165) is 31.3 Å². The number of nitriles is 1. The SMILES string of the molecule is CS(=O)(=O)Nc1ccc2c(c1)N(CCC#N)CCC2. The lowest BCUT2D eigenvalue weighted by molar-refractivity contribution is 0.607. The molecule has 1 aliphatic rings. The zero-order valence-corrected chi connectivity index (χ0v) is 11.7. The van der Waals surface area contributed by atoms with Gasteiger partial charge in [-0.1, -0.05) is 6.07 Å². The van der Waals surface area contributed by atoms with E-state index in [4.69, 9.17) is 5.26 Å². The lowest BCUT2D eigenvalue weighted by Crippen LogP contribution is -2.30. The first-order valence-electron chi connectivity index (χ1n) is 6.22. The van der Waals surface area contributed by atoms with Gasteiger partial charge in [0.2, 0.25) is 10.0 Å². The van der Waals surface area contributed by atoms with Crippen molar-refractivity contribution in [2.24, 2.45) is 0 Å². The predicted octanol–water partition coefficient (Wildman–Crippen LogP) is 1.72. The molecule has 0 bridgehead atoms. The maximum Gasteiger partial charge on any atom is 0.229 e. The summed E-state index contributed by atoms with van der Waals surface area (Å²) in [6.45, 7) is 1.60. The maximum absolute atomic E-state index is 11.3. The van der Waals surface area contributed by atoms with Gasteiger partial charge in [0.05, 0.1) is 24.4 Å². The number of hydrogen-bond acceptors (Lipinski definition) is 4. The van der Waals surface area contributed by atoms with Crippen LogP contribution in [0.15, 0.2) is 18.2 Å². The predicted molar refractivity (Wildman–Crippen MR) is 75.7 cm³/mol. The van der Waals surface area contributed by atoms with Gasteiger partial charge in [0.1, 0.15) is 0 Å². The molecule has 1 N–H and O–H groups in total. The molecule has 0 radical (unpaired) electrons. The molecule has 0 spiro atoms. The van der Waals surface area contributed by atoms with Crippen LogP contribution in [-0.2, 0) is 16.4 Å². The minimum Gasteiger partial charge on any atom is -0.370 e. The van der Waals surface area contributed by atoms with Gasteiger partial charge >= 0.3 is 0 Å². The Hall–Kier alpha value is -1.74. The second kappa shape index (κ2) is 5.49. The van der Waals surface area contributed by atoms with Gasteiger partial charge in [-0.15, -0.1) is 0 Å². The van der Waals surface area contributed by atoms with E-state index in [-0.39, 0.29) is 0 Å². The first kappa shape index (κ1) is 13.7. The van der Waals surface area contributed by atoms with Gasteiger partial charge < -0.3 is 4.90 Å². The van der Waals surface area contributed by atoms with Crippen LogP contribution >= 0.6 is 0 Å². The van der Waals surface area contributed by atoms with E-state index < -0.39 is 10.0 Å². The van der Waals surface area contributed by atoms with Crippen molar-refractivity contribution >= 4 is 21.4 Å². The van der Waals surface area contributed by atoms with Crippen molar-refractivity contribution in [2.45, 2.75) is 19.3 Å². The Morgan fingerprint density at radius 3 is 2.95 bits per heavy atom. The van der Waals surface area contributed by atoms with Crippen molar-refractivity contribution in [3.05, 3.63) is 23.8 Å². The molecule has 19 heavy (non-hydrogen) atoms. The van der Waals surface area contributed by atoms with Gasteiger partial charge in [-0.2, -0.15) is 5.26 Å². The smallest absolute Gasteiger partial charge is 0.229 e. The molecule has 0 saturated carbocycles. The fourth-order valence-corrected chi connectivity index (χ4v) is 2.90. The Kier molecular flexibility index (Phi) is 3.96. The molecule has 1 aromatic rings. The Morgan fingerprint density at radius 2 is 2.26 bits per heavy atom. The molecule has 1 aliphatic heterocycles. The van der Waals surface area contributed by atoms with E-state index in [1.807, 2.05) is 12.1 Å². The molecule has 0 unspecified atom stereocenters. The van der Waals surface area contributed by atoms with Gasteiger partial charge in [0, 0.05) is 18.8 Å². The molecule has 0 atom stereocenters. The van der Waals surface area contributed by atoms with E-state index in [1.54, 1.807) is 6.07 Å². The molecule has 1 aromatic carbocycles. The topological polar surface area (TPSA) is 73.2 Å². The molecule has 0 fully saturated rings. The van der Waals surface area contributed by atoms with Gasteiger partial charge in [-0.3, -0.25) is 4.72 Å². The lowest BCUT2D eigenvalue weighted by Gasteiger charge is -2.31. The highest BCUT2D eigenvalue weighted by Crippen LogP contribution is 2.30. The first-order chi connectivity index (χ1) is 8.99. The van der Waals surface area contributed by atoms with Crippen molar-refractivity contribution < 1.29 is 8.42 Å². The number of fused-ring (bicyclic) bond motifs is 1. The molecule has 6 heteroatoms. The summed E-state index contributed by atoms with van der Waals surface area (Å²) in [5, 5.41) is 8.68. The highest BCUT2D eigenvalue weighted by molar-refractivity contribution is 7.92. The largest absolute Gasteiger partial charge is 0.370 e. The third kappa shape index (κ3) is 3.61. The highest BCUT2D eigenvalue weighted by Gasteiger charge is 2.17. The van der Waals surface area contributed by atoms with Crippen molar-refractivity contribution in [1.82, 2.24) is 0 Å². The van der Waals surface area contributed by atoms with Gasteiger partial charge in [0.25, 0.3) is 0 Å². The molecular formula is C13H17N3O2S. The summed E-state index contributed by atoms with van der Waals surface area (Å²) >= 11 is 0. The number of benzene rings is 1. The van der Waals surface area contributed by atoms with E-state index in [1.165, 1.54) is 5.56 Å². The fourth-order valence-electron chi connectivity index (χ4n) is 2.35. The van der Waals surface area contributed by atoms with Crippen LogP contribution in [0.5, 0.6) is 0 Å². The van der Waals surface area contributed by atoms with Crippen LogP contribution in [0.1, 0.15) is 18.4 Å². The molecule has 5 nitrogen and oxygen atoms in total. The number of sulfonamides is 1.